The molecule has 0 aromatic carbocycles. The van der Waals surface area contributed by atoms with E-state index in [2.05, 4.69) is 5.54 Å². The summed E-state index contributed by atoms with van der Waals surface area (Å²) in [6, 6.07) is -2.65. The molecule has 0 unspecified atom stereocenters. The first-order valence-corrected chi connectivity index (χ1v) is 8.89. The van der Waals surface area contributed by atoms with Gasteiger partial charge in [-0.3, -0.25) is 0 Å². The second kappa shape index (κ2) is 4.59. The second-order valence-electron chi connectivity index (χ2n) is 2.02. The highest BCUT2D eigenvalue weighted by molar-refractivity contribution is 7.67. The van der Waals surface area contributed by atoms with Crippen LogP contribution in [0.25, 0.3) is 0 Å². The average molecular weight is 242 g/mol. The quantitative estimate of drug-likeness (QED) is 0.396. The Bertz CT molecular complexity index is 209. The summed E-state index contributed by atoms with van der Waals surface area (Å²) in [5.41, 5.74) is 2.54. The van der Waals surface area contributed by atoms with Crippen molar-refractivity contribution < 1.29 is 0 Å². The molecule has 0 amide bonds. The fraction of sp³-hybridized carbons (Fsp3) is 0.333. The predicted molar refractivity (Wildman–Crippen MR) is 56.3 cm³/mol. The molecule has 0 N–H and O–H groups in total. The van der Waals surface area contributed by atoms with E-state index in [-0.39, 0.29) is 0 Å². The van der Waals surface area contributed by atoms with Crippen molar-refractivity contribution >= 4 is 48.8 Å². The van der Waals surface area contributed by atoms with E-state index in [0.717, 1.165) is 10.4 Å². The first-order valence-electron chi connectivity index (χ1n) is 2.86. The fourth-order valence-electron chi connectivity index (χ4n) is 0.415. The minimum absolute atomic E-state index is 0.331. The summed E-state index contributed by atoms with van der Waals surface area (Å²) >= 11 is 17.3. The maximum Gasteiger partial charge on any atom is 0.368 e. The Hall–Kier alpha value is 0.604. The number of rotatable bonds is 2. The van der Waals surface area contributed by atoms with Gasteiger partial charge >= 0.3 is 6.00 Å². The summed E-state index contributed by atoms with van der Waals surface area (Å²) in [5, 5.41) is 1.89. The highest BCUT2D eigenvalue weighted by atomic mass is 35.8. The van der Waals surface area contributed by atoms with Crippen LogP contribution >= 0.6 is 33.2 Å². The Labute approximate surface area is 84.9 Å². The van der Waals surface area contributed by atoms with Crippen molar-refractivity contribution in [2.75, 3.05) is 0 Å². The van der Waals surface area contributed by atoms with Gasteiger partial charge in [-0.25, -0.2) is 0 Å². The standard InChI is InChI=1S/C6H7Cl3Si2/c1-4-10-5(2)6(3)11(7,8)9/h1H,2-3H3. The molecular weight excluding hydrogens is 235 g/mol. The lowest BCUT2D eigenvalue weighted by atomic mass is 10.6. The number of hydrogen-bond acceptors (Lipinski definition) is 0. The summed E-state index contributed by atoms with van der Waals surface area (Å²) < 4.78 is 0. The predicted octanol–water partition coefficient (Wildman–Crippen LogP) is 2.77. The lowest BCUT2D eigenvalue weighted by Crippen LogP contribution is -2.15. The number of allylic oxidation sites excluding steroid dienone is 2. The minimum atomic E-state index is -2.65. The van der Waals surface area contributed by atoms with E-state index in [1.165, 1.54) is 0 Å². The van der Waals surface area contributed by atoms with E-state index in [4.69, 9.17) is 39.7 Å². The zero-order valence-electron chi connectivity index (χ0n) is 6.21. The molecule has 5 heteroatoms. The van der Waals surface area contributed by atoms with Gasteiger partial charge in [-0.15, -0.1) is 45.2 Å². The molecule has 0 nitrogen and oxygen atoms in total. The molecule has 0 atom stereocenters. The van der Waals surface area contributed by atoms with Crippen molar-refractivity contribution in [3.8, 4) is 12.0 Å². The normalized spacial score (nSPS) is 13.8. The molecule has 0 aromatic rings. The molecule has 0 bridgehead atoms. The number of halogens is 3. The highest BCUT2D eigenvalue weighted by Crippen LogP contribution is 2.29. The van der Waals surface area contributed by atoms with Gasteiger partial charge in [0.1, 0.15) is 0 Å². The van der Waals surface area contributed by atoms with Crippen molar-refractivity contribution in [2.45, 2.75) is 13.8 Å². The van der Waals surface area contributed by atoms with Gasteiger partial charge in [0.15, 0.2) is 9.52 Å². The molecular formula is C6H7Cl3Si2. The van der Waals surface area contributed by atoms with Crippen LogP contribution in [0.1, 0.15) is 13.8 Å². The van der Waals surface area contributed by atoms with Gasteiger partial charge in [0.25, 0.3) is 0 Å². The molecule has 0 rings (SSSR count). The van der Waals surface area contributed by atoms with E-state index in [9.17, 15) is 0 Å². The van der Waals surface area contributed by atoms with Gasteiger partial charge < -0.3 is 0 Å². The molecule has 0 fully saturated rings. The van der Waals surface area contributed by atoms with Crippen LogP contribution in [0.15, 0.2) is 10.4 Å². The van der Waals surface area contributed by atoms with Crippen molar-refractivity contribution in [1.82, 2.24) is 0 Å². The smallest absolute Gasteiger partial charge is 0.133 e. The van der Waals surface area contributed by atoms with Crippen molar-refractivity contribution in [2.24, 2.45) is 0 Å². The van der Waals surface area contributed by atoms with Crippen molar-refractivity contribution in [1.29, 1.82) is 0 Å². The monoisotopic (exact) mass is 240 g/mol. The summed E-state index contributed by atoms with van der Waals surface area (Å²) in [4.78, 5) is 0. The van der Waals surface area contributed by atoms with E-state index in [0.29, 0.717) is 9.52 Å². The molecule has 0 aliphatic heterocycles. The van der Waals surface area contributed by atoms with Crippen LogP contribution in [-0.2, 0) is 0 Å². The molecule has 0 aliphatic carbocycles. The second-order valence-corrected chi connectivity index (χ2v) is 11.9. The van der Waals surface area contributed by atoms with Crippen LogP contribution in [-0.4, -0.2) is 15.5 Å². The summed E-state index contributed by atoms with van der Waals surface area (Å²) in [6.45, 7) is 3.74. The molecule has 60 valence electrons. The first-order chi connectivity index (χ1) is 4.89. The van der Waals surface area contributed by atoms with E-state index in [1.807, 2.05) is 13.8 Å². The minimum Gasteiger partial charge on any atom is -0.133 e. The molecule has 0 saturated carbocycles. The SMILES string of the molecule is C#C[Si]C(C)=C(C)[Si](Cl)(Cl)Cl. The van der Waals surface area contributed by atoms with Crippen LogP contribution < -0.4 is 0 Å². The number of hydrogen-bond donors (Lipinski definition) is 0. The Kier molecular flexibility index (Phi) is 4.84. The van der Waals surface area contributed by atoms with Crippen LogP contribution in [0, 0.1) is 12.0 Å². The Morgan fingerprint density at radius 3 is 2.09 bits per heavy atom. The molecule has 0 saturated heterocycles. The Balaban J connectivity index is 4.56. The third kappa shape index (κ3) is 4.24. The van der Waals surface area contributed by atoms with E-state index in [1.54, 1.807) is 0 Å². The van der Waals surface area contributed by atoms with E-state index < -0.39 is 6.00 Å². The lowest BCUT2D eigenvalue weighted by molar-refractivity contribution is 1.52. The largest absolute Gasteiger partial charge is 0.368 e. The van der Waals surface area contributed by atoms with Crippen LogP contribution in [0.4, 0.5) is 0 Å². The fourth-order valence-corrected chi connectivity index (χ4v) is 3.98. The summed E-state index contributed by atoms with van der Waals surface area (Å²) in [6.07, 6.45) is 5.12. The topological polar surface area (TPSA) is 0 Å². The molecule has 0 heterocycles. The Morgan fingerprint density at radius 2 is 1.82 bits per heavy atom. The third-order valence-corrected chi connectivity index (χ3v) is 6.17. The van der Waals surface area contributed by atoms with Gasteiger partial charge in [-0.05, 0) is 19.0 Å². The van der Waals surface area contributed by atoms with Crippen LogP contribution in [0.5, 0.6) is 0 Å². The van der Waals surface area contributed by atoms with Gasteiger partial charge in [-0.2, -0.15) is 0 Å². The maximum absolute atomic E-state index is 5.76. The van der Waals surface area contributed by atoms with Gasteiger partial charge in [0.05, 0.1) is 0 Å². The van der Waals surface area contributed by atoms with Crippen molar-refractivity contribution in [3.05, 3.63) is 10.4 Å². The van der Waals surface area contributed by atoms with Crippen LogP contribution in [0.3, 0.4) is 0 Å². The zero-order chi connectivity index (χ0) is 9.07. The van der Waals surface area contributed by atoms with Gasteiger partial charge in [0.2, 0.25) is 0 Å². The molecule has 2 radical (unpaired) electrons. The molecule has 11 heavy (non-hydrogen) atoms. The number of terminal acetylenes is 1. The summed E-state index contributed by atoms with van der Waals surface area (Å²) in [5.74, 6) is 0. The third-order valence-electron chi connectivity index (χ3n) is 1.25. The first kappa shape index (κ1) is 11.6. The van der Waals surface area contributed by atoms with Gasteiger partial charge in [-0.1, -0.05) is 5.20 Å². The summed E-state index contributed by atoms with van der Waals surface area (Å²) in [7, 11) is 0.331. The van der Waals surface area contributed by atoms with Gasteiger partial charge in [0, 0.05) is 0 Å². The average Bonchev–Trinajstić information content (AvgIpc) is 1.85. The molecule has 0 spiro atoms. The van der Waals surface area contributed by atoms with Crippen molar-refractivity contribution in [3.63, 3.8) is 0 Å². The zero-order valence-corrected chi connectivity index (χ0v) is 10.5. The maximum atomic E-state index is 5.76. The van der Waals surface area contributed by atoms with Crippen LogP contribution in [0.2, 0.25) is 0 Å². The lowest BCUT2D eigenvalue weighted by Gasteiger charge is -2.10. The van der Waals surface area contributed by atoms with E-state index >= 15 is 0 Å². The molecule has 0 aliphatic rings. The molecule has 0 aromatic heterocycles. The Morgan fingerprint density at radius 1 is 1.36 bits per heavy atom. The highest BCUT2D eigenvalue weighted by Gasteiger charge is 2.28.